The average Bonchev–Trinajstić information content (AvgIpc) is 2.94. The quantitative estimate of drug-likeness (QED) is 0.576. The van der Waals surface area contributed by atoms with Gasteiger partial charge in [-0.3, -0.25) is 4.98 Å². The number of aromatic amines is 1. The molecule has 0 aliphatic carbocycles. The van der Waals surface area contributed by atoms with Gasteiger partial charge in [-0.1, -0.05) is 18.2 Å². The summed E-state index contributed by atoms with van der Waals surface area (Å²) >= 11 is 5.08. The molecular formula is C15H10F3N5S. The van der Waals surface area contributed by atoms with Crippen LogP contribution in [0.3, 0.4) is 0 Å². The molecular weight excluding hydrogens is 339 g/mol. The van der Waals surface area contributed by atoms with Crippen molar-refractivity contribution < 1.29 is 13.2 Å². The molecule has 5 nitrogen and oxygen atoms in total. The van der Waals surface area contributed by atoms with E-state index in [4.69, 9.17) is 12.2 Å². The Morgan fingerprint density at radius 2 is 1.96 bits per heavy atom. The molecule has 24 heavy (non-hydrogen) atoms. The van der Waals surface area contributed by atoms with E-state index >= 15 is 0 Å². The van der Waals surface area contributed by atoms with Crippen LogP contribution in [0.5, 0.6) is 0 Å². The van der Waals surface area contributed by atoms with Crippen molar-refractivity contribution in [3.05, 3.63) is 64.7 Å². The Morgan fingerprint density at radius 3 is 2.67 bits per heavy atom. The molecule has 0 fully saturated rings. The minimum atomic E-state index is -4.47. The molecule has 0 radical (unpaired) electrons. The van der Waals surface area contributed by atoms with E-state index in [2.05, 4.69) is 20.3 Å². The lowest BCUT2D eigenvalue weighted by Gasteiger charge is -2.09. The van der Waals surface area contributed by atoms with E-state index in [0.29, 0.717) is 11.4 Å². The van der Waals surface area contributed by atoms with Crippen molar-refractivity contribution in [1.29, 1.82) is 0 Å². The van der Waals surface area contributed by atoms with E-state index in [1.165, 1.54) is 22.9 Å². The zero-order valence-corrected chi connectivity index (χ0v) is 12.8. The predicted molar refractivity (Wildman–Crippen MR) is 85.1 cm³/mol. The van der Waals surface area contributed by atoms with E-state index in [-0.39, 0.29) is 10.3 Å². The molecule has 0 atom stereocenters. The molecule has 0 saturated heterocycles. The van der Waals surface area contributed by atoms with Gasteiger partial charge in [0, 0.05) is 23.5 Å². The second-order valence-electron chi connectivity index (χ2n) is 4.74. The fourth-order valence-corrected chi connectivity index (χ4v) is 2.25. The Bertz CT molecular complexity index is 928. The van der Waals surface area contributed by atoms with Gasteiger partial charge in [0.05, 0.1) is 11.8 Å². The maximum Gasteiger partial charge on any atom is 0.417 e. The van der Waals surface area contributed by atoms with Crippen LogP contribution >= 0.6 is 12.2 Å². The highest BCUT2D eigenvalue weighted by atomic mass is 32.1. The lowest BCUT2D eigenvalue weighted by atomic mass is 10.1. The summed E-state index contributed by atoms with van der Waals surface area (Å²) in [5, 5.41) is 10.7. The number of hydrogen-bond donors (Lipinski definition) is 1. The van der Waals surface area contributed by atoms with Gasteiger partial charge in [0.2, 0.25) is 4.77 Å². The summed E-state index contributed by atoms with van der Waals surface area (Å²) in [5.41, 5.74) is -0.206. The first-order valence-corrected chi connectivity index (χ1v) is 7.16. The van der Waals surface area contributed by atoms with Crippen LogP contribution in [0, 0.1) is 4.77 Å². The third-order valence-electron chi connectivity index (χ3n) is 3.15. The molecule has 0 unspecified atom stereocenters. The van der Waals surface area contributed by atoms with Crippen molar-refractivity contribution in [2.75, 3.05) is 0 Å². The van der Waals surface area contributed by atoms with Crippen molar-refractivity contribution in [3.8, 4) is 11.4 Å². The maximum atomic E-state index is 13.0. The SMILES string of the molecule is FC(F)(F)c1ccccc1/C=N\n1c(-c2cccnc2)n[nH]c1=S. The fourth-order valence-electron chi connectivity index (χ4n) is 2.07. The smallest absolute Gasteiger partial charge is 0.264 e. The fraction of sp³-hybridized carbons (Fsp3) is 0.0667. The number of nitrogens with one attached hydrogen (secondary N) is 1. The topological polar surface area (TPSA) is 58.9 Å². The highest BCUT2D eigenvalue weighted by Crippen LogP contribution is 2.31. The van der Waals surface area contributed by atoms with Crippen LogP contribution < -0.4 is 0 Å². The van der Waals surface area contributed by atoms with E-state index in [1.54, 1.807) is 24.5 Å². The molecule has 0 saturated carbocycles. The Morgan fingerprint density at radius 1 is 1.17 bits per heavy atom. The molecule has 9 heteroatoms. The summed E-state index contributed by atoms with van der Waals surface area (Å²) < 4.78 is 40.5. The summed E-state index contributed by atoms with van der Waals surface area (Å²) in [6.07, 6.45) is -0.209. The zero-order chi connectivity index (χ0) is 17.2. The monoisotopic (exact) mass is 349 g/mol. The van der Waals surface area contributed by atoms with Crippen molar-refractivity contribution in [2.24, 2.45) is 5.10 Å². The number of H-pyrrole nitrogens is 1. The normalized spacial score (nSPS) is 12.0. The predicted octanol–water partition coefficient (Wildman–Crippen LogP) is 3.90. The number of pyridine rings is 1. The molecule has 0 bridgehead atoms. The Hall–Kier alpha value is -2.81. The van der Waals surface area contributed by atoms with Gasteiger partial charge >= 0.3 is 6.18 Å². The molecule has 0 aliphatic heterocycles. The second kappa shape index (κ2) is 6.36. The van der Waals surface area contributed by atoms with Gasteiger partial charge in [-0.2, -0.15) is 28.0 Å². The van der Waals surface area contributed by atoms with Gasteiger partial charge in [0.25, 0.3) is 0 Å². The Balaban J connectivity index is 2.04. The third-order valence-corrected chi connectivity index (χ3v) is 3.41. The van der Waals surface area contributed by atoms with Crippen molar-refractivity contribution >= 4 is 18.4 Å². The van der Waals surface area contributed by atoms with E-state index in [9.17, 15) is 13.2 Å². The number of halogens is 3. The number of rotatable bonds is 3. The van der Waals surface area contributed by atoms with Gasteiger partial charge in [-0.25, -0.2) is 5.10 Å². The maximum absolute atomic E-state index is 13.0. The number of alkyl halides is 3. The van der Waals surface area contributed by atoms with Crippen LogP contribution in [0.15, 0.2) is 53.9 Å². The first kappa shape index (κ1) is 16.1. The summed E-state index contributed by atoms with van der Waals surface area (Å²) in [6, 6.07) is 8.61. The molecule has 0 spiro atoms. The molecule has 2 aromatic heterocycles. The molecule has 0 amide bonds. The largest absolute Gasteiger partial charge is 0.417 e. The molecule has 1 N–H and O–H groups in total. The third kappa shape index (κ3) is 3.25. The minimum Gasteiger partial charge on any atom is -0.264 e. The summed E-state index contributed by atoms with van der Waals surface area (Å²) in [7, 11) is 0. The molecule has 2 heterocycles. The summed E-state index contributed by atoms with van der Waals surface area (Å²) in [5.74, 6) is 0.355. The number of nitrogens with zero attached hydrogens (tertiary/aromatic N) is 4. The molecule has 1 aromatic carbocycles. The van der Waals surface area contributed by atoms with Crippen molar-refractivity contribution in [2.45, 2.75) is 6.18 Å². The highest BCUT2D eigenvalue weighted by Gasteiger charge is 2.32. The lowest BCUT2D eigenvalue weighted by molar-refractivity contribution is -0.137. The molecule has 0 aliphatic rings. The van der Waals surface area contributed by atoms with Crippen LogP contribution in [-0.2, 0) is 6.18 Å². The summed E-state index contributed by atoms with van der Waals surface area (Å²) in [4.78, 5) is 3.97. The standard InChI is InChI=1S/C15H10F3N5S/c16-15(17,18)12-6-2-1-4-10(12)9-20-23-13(21-22-14(23)24)11-5-3-7-19-8-11/h1-9H,(H,22,24)/b20-9-. The van der Waals surface area contributed by atoms with Crippen LogP contribution in [0.25, 0.3) is 11.4 Å². The van der Waals surface area contributed by atoms with Crippen LogP contribution in [0.4, 0.5) is 13.2 Å². The van der Waals surface area contributed by atoms with Gasteiger partial charge in [-0.05, 0) is 30.4 Å². The summed E-state index contributed by atoms with van der Waals surface area (Å²) in [6.45, 7) is 0. The highest BCUT2D eigenvalue weighted by molar-refractivity contribution is 7.71. The number of hydrogen-bond acceptors (Lipinski definition) is 4. The van der Waals surface area contributed by atoms with Crippen molar-refractivity contribution in [3.63, 3.8) is 0 Å². The Kier molecular flexibility index (Phi) is 4.26. The van der Waals surface area contributed by atoms with E-state index in [1.807, 2.05) is 0 Å². The number of benzene rings is 1. The van der Waals surface area contributed by atoms with Gasteiger partial charge in [0.15, 0.2) is 5.82 Å². The molecule has 122 valence electrons. The minimum absolute atomic E-state index is 0.0646. The van der Waals surface area contributed by atoms with Gasteiger partial charge in [-0.15, -0.1) is 0 Å². The lowest BCUT2D eigenvalue weighted by Crippen LogP contribution is -2.09. The molecule has 3 aromatic rings. The second-order valence-corrected chi connectivity index (χ2v) is 5.12. The van der Waals surface area contributed by atoms with Crippen molar-refractivity contribution in [1.82, 2.24) is 19.9 Å². The first-order chi connectivity index (χ1) is 11.5. The number of aromatic nitrogens is 4. The van der Waals surface area contributed by atoms with Gasteiger partial charge < -0.3 is 0 Å². The average molecular weight is 349 g/mol. The van der Waals surface area contributed by atoms with Gasteiger partial charge in [0.1, 0.15) is 0 Å². The molecule has 3 rings (SSSR count). The van der Waals surface area contributed by atoms with Crippen LogP contribution in [0.1, 0.15) is 11.1 Å². The van der Waals surface area contributed by atoms with E-state index in [0.717, 1.165) is 12.3 Å². The van der Waals surface area contributed by atoms with Crippen LogP contribution in [-0.4, -0.2) is 26.1 Å². The first-order valence-electron chi connectivity index (χ1n) is 6.75. The van der Waals surface area contributed by atoms with E-state index < -0.39 is 11.7 Å². The zero-order valence-electron chi connectivity index (χ0n) is 12.0. The Labute approximate surface area is 139 Å². The van der Waals surface area contributed by atoms with Crippen LogP contribution in [0.2, 0.25) is 0 Å².